The standard InChI is InChI=1S/C16H30O3/c1-3-5-7-8-9-11-13-18-15-19-16(14-17)12-10-6-4-2/h12,14H,3-11,13,15H2,1-2H3. The maximum absolute atomic E-state index is 10.7. The van der Waals surface area contributed by atoms with E-state index in [1.807, 2.05) is 6.08 Å². The van der Waals surface area contributed by atoms with Crippen LogP contribution in [0.25, 0.3) is 0 Å². The Morgan fingerprint density at radius 1 is 0.947 bits per heavy atom. The van der Waals surface area contributed by atoms with Crippen molar-refractivity contribution >= 4 is 6.29 Å². The van der Waals surface area contributed by atoms with Crippen LogP contribution in [0.4, 0.5) is 0 Å². The molecule has 0 radical (unpaired) electrons. The number of carbonyl (C=O) groups is 1. The van der Waals surface area contributed by atoms with Crippen molar-refractivity contribution in [3.8, 4) is 0 Å². The van der Waals surface area contributed by atoms with Crippen molar-refractivity contribution in [1.29, 1.82) is 0 Å². The molecule has 0 unspecified atom stereocenters. The van der Waals surface area contributed by atoms with E-state index in [-0.39, 0.29) is 6.79 Å². The summed E-state index contributed by atoms with van der Waals surface area (Å²) in [5.41, 5.74) is 0. The molecular weight excluding hydrogens is 240 g/mol. The molecule has 0 aromatic carbocycles. The van der Waals surface area contributed by atoms with E-state index < -0.39 is 0 Å². The van der Waals surface area contributed by atoms with Gasteiger partial charge in [0, 0.05) is 0 Å². The van der Waals surface area contributed by atoms with Crippen LogP contribution >= 0.6 is 0 Å². The second-order valence-electron chi connectivity index (χ2n) is 4.80. The molecule has 0 saturated heterocycles. The molecule has 0 amide bonds. The van der Waals surface area contributed by atoms with E-state index in [2.05, 4.69) is 13.8 Å². The third kappa shape index (κ3) is 13.4. The van der Waals surface area contributed by atoms with Crippen molar-refractivity contribution in [2.75, 3.05) is 13.4 Å². The highest BCUT2D eigenvalue weighted by atomic mass is 16.7. The molecule has 0 N–H and O–H groups in total. The Morgan fingerprint density at radius 3 is 2.32 bits per heavy atom. The number of hydrogen-bond acceptors (Lipinski definition) is 3. The molecule has 112 valence electrons. The molecule has 0 aromatic rings. The summed E-state index contributed by atoms with van der Waals surface area (Å²) in [6.07, 6.45) is 13.2. The van der Waals surface area contributed by atoms with Crippen LogP contribution in [0.15, 0.2) is 11.8 Å². The molecular formula is C16H30O3. The van der Waals surface area contributed by atoms with Gasteiger partial charge in [-0.05, 0) is 25.3 Å². The van der Waals surface area contributed by atoms with Crippen LogP contribution in [0.3, 0.4) is 0 Å². The topological polar surface area (TPSA) is 35.5 Å². The van der Waals surface area contributed by atoms with Crippen molar-refractivity contribution in [3.05, 3.63) is 11.8 Å². The second-order valence-corrected chi connectivity index (χ2v) is 4.80. The Bertz CT molecular complexity index is 224. The summed E-state index contributed by atoms with van der Waals surface area (Å²) in [7, 11) is 0. The van der Waals surface area contributed by atoms with Crippen LogP contribution in [0.2, 0.25) is 0 Å². The van der Waals surface area contributed by atoms with Crippen LogP contribution in [0.1, 0.15) is 71.6 Å². The lowest BCUT2D eigenvalue weighted by atomic mass is 10.1. The van der Waals surface area contributed by atoms with Crippen molar-refractivity contribution in [2.24, 2.45) is 0 Å². The summed E-state index contributed by atoms with van der Waals surface area (Å²) < 4.78 is 10.6. The van der Waals surface area contributed by atoms with E-state index in [4.69, 9.17) is 9.47 Å². The van der Waals surface area contributed by atoms with Crippen molar-refractivity contribution in [1.82, 2.24) is 0 Å². The van der Waals surface area contributed by atoms with Gasteiger partial charge in [0.1, 0.15) is 0 Å². The summed E-state index contributed by atoms with van der Waals surface area (Å²) in [5, 5.41) is 0. The Hall–Kier alpha value is -0.830. The van der Waals surface area contributed by atoms with E-state index >= 15 is 0 Å². The summed E-state index contributed by atoms with van der Waals surface area (Å²) in [6, 6.07) is 0. The Kier molecular flexibility index (Phi) is 14.6. The lowest BCUT2D eigenvalue weighted by Crippen LogP contribution is -2.02. The molecule has 3 nitrogen and oxygen atoms in total. The minimum absolute atomic E-state index is 0.186. The number of aldehydes is 1. The van der Waals surface area contributed by atoms with E-state index in [9.17, 15) is 4.79 Å². The molecule has 0 spiro atoms. The molecule has 0 aromatic heterocycles. The first kappa shape index (κ1) is 18.2. The van der Waals surface area contributed by atoms with Gasteiger partial charge in [-0.25, -0.2) is 0 Å². The maximum Gasteiger partial charge on any atom is 0.189 e. The summed E-state index contributed by atoms with van der Waals surface area (Å²) in [6.45, 7) is 5.25. The van der Waals surface area contributed by atoms with Gasteiger partial charge < -0.3 is 9.47 Å². The highest BCUT2D eigenvalue weighted by molar-refractivity contribution is 5.69. The Labute approximate surface area is 118 Å². The number of rotatable bonds is 14. The highest BCUT2D eigenvalue weighted by Crippen LogP contribution is 2.05. The highest BCUT2D eigenvalue weighted by Gasteiger charge is 1.96. The zero-order chi connectivity index (χ0) is 14.2. The summed E-state index contributed by atoms with van der Waals surface area (Å²) in [4.78, 5) is 10.7. The molecule has 19 heavy (non-hydrogen) atoms. The Morgan fingerprint density at radius 2 is 1.63 bits per heavy atom. The molecule has 0 aliphatic rings. The van der Waals surface area contributed by atoms with Gasteiger partial charge in [0.05, 0.1) is 6.61 Å². The quantitative estimate of drug-likeness (QED) is 0.152. The fraction of sp³-hybridized carbons (Fsp3) is 0.812. The second kappa shape index (κ2) is 15.2. The van der Waals surface area contributed by atoms with Gasteiger partial charge in [0.25, 0.3) is 0 Å². The van der Waals surface area contributed by atoms with Gasteiger partial charge in [-0.15, -0.1) is 0 Å². The third-order valence-electron chi connectivity index (χ3n) is 2.97. The van der Waals surface area contributed by atoms with Crippen LogP contribution in [-0.2, 0) is 14.3 Å². The van der Waals surface area contributed by atoms with Gasteiger partial charge in [0.2, 0.25) is 0 Å². The average molecular weight is 270 g/mol. The fourth-order valence-electron chi connectivity index (χ4n) is 1.74. The average Bonchev–Trinajstić information content (AvgIpc) is 2.43. The van der Waals surface area contributed by atoms with Gasteiger partial charge in [0.15, 0.2) is 18.8 Å². The number of hydrogen-bond donors (Lipinski definition) is 0. The smallest absolute Gasteiger partial charge is 0.189 e. The van der Waals surface area contributed by atoms with Gasteiger partial charge in [-0.2, -0.15) is 0 Å². The minimum Gasteiger partial charge on any atom is -0.464 e. The molecule has 0 aliphatic carbocycles. The van der Waals surface area contributed by atoms with Crippen LogP contribution in [0, 0.1) is 0 Å². The van der Waals surface area contributed by atoms with Gasteiger partial charge in [-0.3, -0.25) is 4.79 Å². The first-order valence-electron chi connectivity index (χ1n) is 7.71. The lowest BCUT2D eigenvalue weighted by Gasteiger charge is -2.06. The zero-order valence-electron chi connectivity index (χ0n) is 12.7. The molecule has 3 heteroatoms. The largest absolute Gasteiger partial charge is 0.464 e. The molecule has 0 fully saturated rings. The first-order valence-corrected chi connectivity index (χ1v) is 7.71. The van der Waals surface area contributed by atoms with E-state index in [0.29, 0.717) is 12.4 Å². The summed E-state index contributed by atoms with van der Waals surface area (Å²) in [5.74, 6) is 0.399. The van der Waals surface area contributed by atoms with E-state index in [1.54, 1.807) is 0 Å². The van der Waals surface area contributed by atoms with Crippen molar-refractivity contribution in [2.45, 2.75) is 71.6 Å². The van der Waals surface area contributed by atoms with Crippen LogP contribution in [0.5, 0.6) is 0 Å². The SMILES string of the molecule is CCCCC=C(C=O)OCOCCCCCCCC. The number of unbranched alkanes of at least 4 members (excludes halogenated alkanes) is 7. The normalized spacial score (nSPS) is 11.6. The molecule has 0 aliphatic heterocycles. The zero-order valence-corrected chi connectivity index (χ0v) is 12.7. The fourth-order valence-corrected chi connectivity index (χ4v) is 1.74. The first-order chi connectivity index (χ1) is 9.35. The van der Waals surface area contributed by atoms with E-state index in [1.165, 1.54) is 32.1 Å². The third-order valence-corrected chi connectivity index (χ3v) is 2.97. The molecule has 0 bridgehead atoms. The van der Waals surface area contributed by atoms with Gasteiger partial charge in [-0.1, -0.05) is 52.4 Å². The predicted octanol–water partition coefficient (Wildman–Crippen LogP) is 4.61. The molecule has 0 atom stereocenters. The minimum atomic E-state index is 0.186. The molecule has 0 saturated carbocycles. The maximum atomic E-state index is 10.7. The molecule has 0 heterocycles. The monoisotopic (exact) mass is 270 g/mol. The number of ether oxygens (including phenoxy) is 2. The number of carbonyl (C=O) groups excluding carboxylic acids is 1. The van der Waals surface area contributed by atoms with Crippen molar-refractivity contribution < 1.29 is 14.3 Å². The van der Waals surface area contributed by atoms with Crippen molar-refractivity contribution in [3.63, 3.8) is 0 Å². The summed E-state index contributed by atoms with van der Waals surface area (Å²) >= 11 is 0. The molecule has 0 rings (SSSR count). The lowest BCUT2D eigenvalue weighted by molar-refractivity contribution is -0.111. The van der Waals surface area contributed by atoms with Gasteiger partial charge >= 0.3 is 0 Å². The van der Waals surface area contributed by atoms with Crippen LogP contribution < -0.4 is 0 Å². The van der Waals surface area contributed by atoms with E-state index in [0.717, 1.165) is 32.0 Å². The Balaban J connectivity index is 3.36. The van der Waals surface area contributed by atoms with Crippen LogP contribution in [-0.4, -0.2) is 19.7 Å². The predicted molar refractivity (Wildman–Crippen MR) is 79.0 cm³/mol. The number of allylic oxidation sites excluding steroid dienone is 2.